The van der Waals surface area contributed by atoms with E-state index in [1.807, 2.05) is 0 Å². The zero-order valence-electron chi connectivity index (χ0n) is 11.8. The van der Waals surface area contributed by atoms with Gasteiger partial charge in [-0.15, -0.1) is 0 Å². The molecule has 0 saturated heterocycles. The molecular weight excluding hydrogens is 220 g/mol. The molecule has 0 amide bonds. The molecule has 1 aromatic rings. The first kappa shape index (κ1) is 13.4. The van der Waals surface area contributed by atoms with Crippen LogP contribution in [0.2, 0.25) is 0 Å². The fourth-order valence-electron chi connectivity index (χ4n) is 2.85. The predicted octanol–water partition coefficient (Wildman–Crippen LogP) is 3.07. The number of anilines is 1. The lowest BCUT2D eigenvalue weighted by Crippen LogP contribution is -2.35. The largest absolute Gasteiger partial charge is 0.371 e. The Labute approximate surface area is 111 Å². The fraction of sp³-hybridized carbons (Fsp3) is 0.625. The predicted molar refractivity (Wildman–Crippen MR) is 79.3 cm³/mol. The topological polar surface area (TPSA) is 15.3 Å². The van der Waals surface area contributed by atoms with Crippen LogP contribution in [0, 0.1) is 5.92 Å². The quantitative estimate of drug-likeness (QED) is 0.776. The van der Waals surface area contributed by atoms with Crippen molar-refractivity contribution >= 4 is 5.69 Å². The Morgan fingerprint density at radius 3 is 2.94 bits per heavy atom. The molecule has 2 heteroatoms. The van der Waals surface area contributed by atoms with Gasteiger partial charge in [0.1, 0.15) is 0 Å². The average molecular weight is 246 g/mol. The smallest absolute Gasteiger partial charge is 0.0398 e. The van der Waals surface area contributed by atoms with E-state index >= 15 is 0 Å². The van der Waals surface area contributed by atoms with Crippen LogP contribution in [0.25, 0.3) is 0 Å². The van der Waals surface area contributed by atoms with Gasteiger partial charge < -0.3 is 10.2 Å². The summed E-state index contributed by atoms with van der Waals surface area (Å²) in [6.07, 6.45) is 3.80. The molecule has 0 aliphatic carbocycles. The first-order valence-electron chi connectivity index (χ1n) is 7.35. The van der Waals surface area contributed by atoms with Crippen molar-refractivity contribution in [1.29, 1.82) is 0 Å². The van der Waals surface area contributed by atoms with Crippen molar-refractivity contribution in [2.75, 3.05) is 31.1 Å². The van der Waals surface area contributed by atoms with Crippen LogP contribution in [0.4, 0.5) is 5.69 Å². The number of benzene rings is 1. The van der Waals surface area contributed by atoms with E-state index in [9.17, 15) is 0 Å². The highest BCUT2D eigenvalue weighted by Crippen LogP contribution is 2.29. The first-order valence-corrected chi connectivity index (χ1v) is 7.35. The molecule has 1 aromatic carbocycles. The van der Waals surface area contributed by atoms with E-state index in [-0.39, 0.29) is 0 Å². The molecule has 100 valence electrons. The number of hydrogen-bond acceptors (Lipinski definition) is 2. The zero-order valence-corrected chi connectivity index (χ0v) is 11.8. The molecule has 1 heterocycles. The molecule has 1 N–H and O–H groups in total. The first-order chi connectivity index (χ1) is 8.81. The highest BCUT2D eigenvalue weighted by Gasteiger charge is 2.20. The molecule has 1 unspecified atom stereocenters. The molecular formula is C16H26N2. The van der Waals surface area contributed by atoms with E-state index in [1.54, 1.807) is 0 Å². The van der Waals surface area contributed by atoms with Gasteiger partial charge in [-0.1, -0.05) is 32.0 Å². The third kappa shape index (κ3) is 3.49. The number of para-hydroxylation sites is 1. The molecule has 1 atom stereocenters. The monoisotopic (exact) mass is 246 g/mol. The van der Waals surface area contributed by atoms with Crippen molar-refractivity contribution in [3.63, 3.8) is 0 Å². The minimum atomic E-state index is 0.786. The molecule has 0 radical (unpaired) electrons. The Hall–Kier alpha value is -1.02. The fourth-order valence-corrected chi connectivity index (χ4v) is 2.85. The summed E-state index contributed by atoms with van der Waals surface area (Å²) >= 11 is 0. The lowest BCUT2D eigenvalue weighted by Gasteiger charge is -2.35. The summed E-state index contributed by atoms with van der Waals surface area (Å²) in [5.74, 6) is 0.786. The summed E-state index contributed by atoms with van der Waals surface area (Å²) in [5.41, 5.74) is 3.00. The van der Waals surface area contributed by atoms with E-state index < -0.39 is 0 Å². The van der Waals surface area contributed by atoms with Gasteiger partial charge in [-0.25, -0.2) is 0 Å². The molecule has 2 nitrogen and oxygen atoms in total. The van der Waals surface area contributed by atoms with E-state index in [0.29, 0.717) is 0 Å². The minimum absolute atomic E-state index is 0.786. The second-order valence-electron chi connectivity index (χ2n) is 5.44. The van der Waals surface area contributed by atoms with Gasteiger partial charge >= 0.3 is 0 Å². The summed E-state index contributed by atoms with van der Waals surface area (Å²) in [4.78, 5) is 2.58. The van der Waals surface area contributed by atoms with Crippen LogP contribution in [0.1, 0.15) is 32.3 Å². The summed E-state index contributed by atoms with van der Waals surface area (Å²) < 4.78 is 0. The molecule has 2 rings (SSSR count). The number of fused-ring (bicyclic) bond motifs is 1. The Balaban J connectivity index is 1.88. The number of rotatable bonds is 6. The van der Waals surface area contributed by atoms with Gasteiger partial charge in [-0.3, -0.25) is 0 Å². The number of nitrogens with one attached hydrogen (secondary N) is 1. The Morgan fingerprint density at radius 1 is 1.28 bits per heavy atom. The van der Waals surface area contributed by atoms with Crippen molar-refractivity contribution in [2.45, 2.75) is 33.1 Å². The molecule has 0 fully saturated rings. The van der Waals surface area contributed by atoms with E-state index in [4.69, 9.17) is 0 Å². The van der Waals surface area contributed by atoms with Crippen molar-refractivity contribution in [2.24, 2.45) is 5.92 Å². The molecule has 1 aliphatic rings. The molecule has 18 heavy (non-hydrogen) atoms. The van der Waals surface area contributed by atoms with Crippen LogP contribution in [0.3, 0.4) is 0 Å². The van der Waals surface area contributed by atoms with Crippen LogP contribution in [0.5, 0.6) is 0 Å². The minimum Gasteiger partial charge on any atom is -0.371 e. The molecule has 0 saturated carbocycles. The second-order valence-corrected chi connectivity index (χ2v) is 5.44. The summed E-state index contributed by atoms with van der Waals surface area (Å²) in [7, 11) is 0. The number of unbranched alkanes of at least 4 members (excludes halogenated alkanes) is 1. The van der Waals surface area contributed by atoms with E-state index in [0.717, 1.165) is 19.0 Å². The van der Waals surface area contributed by atoms with Crippen LogP contribution >= 0.6 is 0 Å². The van der Waals surface area contributed by atoms with Gasteiger partial charge in [0, 0.05) is 18.8 Å². The van der Waals surface area contributed by atoms with Crippen molar-refractivity contribution in [3.05, 3.63) is 29.8 Å². The van der Waals surface area contributed by atoms with E-state index in [1.165, 1.54) is 43.6 Å². The van der Waals surface area contributed by atoms with Gasteiger partial charge in [0.2, 0.25) is 0 Å². The highest BCUT2D eigenvalue weighted by molar-refractivity contribution is 5.55. The van der Waals surface area contributed by atoms with Gasteiger partial charge in [0.15, 0.2) is 0 Å². The van der Waals surface area contributed by atoms with Gasteiger partial charge in [-0.2, -0.15) is 0 Å². The van der Waals surface area contributed by atoms with Crippen molar-refractivity contribution < 1.29 is 0 Å². The Bertz CT molecular complexity index is 362. The van der Waals surface area contributed by atoms with Gasteiger partial charge in [-0.05, 0) is 49.9 Å². The Morgan fingerprint density at radius 2 is 2.11 bits per heavy atom. The lowest BCUT2D eigenvalue weighted by molar-refractivity contribution is 0.519. The summed E-state index contributed by atoms with van der Waals surface area (Å²) in [6.45, 7) is 9.19. The highest BCUT2D eigenvalue weighted by atomic mass is 15.1. The Kier molecular flexibility index (Phi) is 5.06. The van der Waals surface area contributed by atoms with Crippen LogP contribution in [-0.4, -0.2) is 26.2 Å². The van der Waals surface area contributed by atoms with Gasteiger partial charge in [0.05, 0.1) is 0 Å². The molecule has 0 spiro atoms. The maximum absolute atomic E-state index is 3.40. The molecule has 0 aromatic heterocycles. The van der Waals surface area contributed by atoms with Crippen molar-refractivity contribution in [1.82, 2.24) is 5.32 Å². The third-order valence-corrected chi connectivity index (χ3v) is 3.71. The molecule has 0 bridgehead atoms. The summed E-state index contributed by atoms with van der Waals surface area (Å²) in [6, 6.07) is 8.91. The average Bonchev–Trinajstić information content (AvgIpc) is 2.38. The van der Waals surface area contributed by atoms with Crippen LogP contribution in [0.15, 0.2) is 24.3 Å². The van der Waals surface area contributed by atoms with Crippen LogP contribution < -0.4 is 10.2 Å². The maximum atomic E-state index is 3.40. The van der Waals surface area contributed by atoms with Gasteiger partial charge in [0.25, 0.3) is 0 Å². The number of nitrogens with zero attached hydrogens (tertiary/aromatic N) is 1. The van der Waals surface area contributed by atoms with Crippen molar-refractivity contribution in [3.8, 4) is 0 Å². The number of hydrogen-bond donors (Lipinski definition) is 1. The second kappa shape index (κ2) is 6.79. The normalized spacial score (nSPS) is 18.8. The van der Waals surface area contributed by atoms with E-state index in [2.05, 4.69) is 48.3 Å². The zero-order chi connectivity index (χ0) is 12.8. The lowest BCUT2D eigenvalue weighted by atomic mass is 9.94. The van der Waals surface area contributed by atoms with Crippen LogP contribution in [-0.2, 0) is 6.42 Å². The summed E-state index contributed by atoms with van der Waals surface area (Å²) in [5, 5.41) is 3.40. The third-order valence-electron chi connectivity index (χ3n) is 3.71. The molecule has 1 aliphatic heterocycles. The SMILES string of the molecule is CCNCCCCN1CC(C)Cc2ccccc21. The maximum Gasteiger partial charge on any atom is 0.0398 e. The standard InChI is InChI=1S/C16H26N2/c1-3-17-10-6-7-11-18-13-14(2)12-15-8-4-5-9-16(15)18/h4-5,8-9,14,17H,3,6-7,10-13H2,1-2H3.